The summed E-state index contributed by atoms with van der Waals surface area (Å²) in [5, 5.41) is 0. The summed E-state index contributed by atoms with van der Waals surface area (Å²) in [5.41, 5.74) is 8.08. The van der Waals surface area contributed by atoms with Crippen LogP contribution in [0.1, 0.15) is 38.5 Å². The third-order valence-electron chi connectivity index (χ3n) is 4.49. The second-order valence-electron chi connectivity index (χ2n) is 5.82. The lowest BCUT2D eigenvalue weighted by molar-refractivity contribution is -0.131. The standard InChI is InChI=1S/C13H24N4O2/c14-13(19)10-5-6-17(8-10)12(18)7-9-1-3-11(16-15)4-2-9/h9-11,16H,1-8,15H2,(H2,14,19)/t9-,10?,11-. The molecule has 2 fully saturated rings. The molecule has 2 aliphatic rings. The SMILES string of the molecule is NN[C@H]1CC[C@H](CC(=O)N2CCC(C(N)=O)C2)CC1. The molecule has 0 spiro atoms. The summed E-state index contributed by atoms with van der Waals surface area (Å²) in [6.07, 6.45) is 5.49. The third-order valence-corrected chi connectivity index (χ3v) is 4.49. The number of amides is 2. The van der Waals surface area contributed by atoms with E-state index in [2.05, 4.69) is 5.43 Å². The lowest BCUT2D eigenvalue weighted by Gasteiger charge is -2.28. The van der Waals surface area contributed by atoms with Crippen LogP contribution in [-0.2, 0) is 9.59 Å². The zero-order valence-electron chi connectivity index (χ0n) is 11.3. The molecule has 1 saturated heterocycles. The number of hydrogen-bond acceptors (Lipinski definition) is 4. The van der Waals surface area contributed by atoms with Gasteiger partial charge in [0.2, 0.25) is 11.8 Å². The summed E-state index contributed by atoms with van der Waals surface area (Å²) < 4.78 is 0. The van der Waals surface area contributed by atoms with E-state index in [1.54, 1.807) is 4.90 Å². The van der Waals surface area contributed by atoms with Crippen LogP contribution >= 0.6 is 0 Å². The van der Waals surface area contributed by atoms with E-state index in [0.717, 1.165) is 25.7 Å². The average molecular weight is 268 g/mol. The molecule has 6 heteroatoms. The summed E-state index contributed by atoms with van der Waals surface area (Å²) in [5.74, 6) is 5.62. The van der Waals surface area contributed by atoms with Gasteiger partial charge in [0.15, 0.2) is 0 Å². The van der Waals surface area contributed by atoms with Crippen molar-refractivity contribution in [2.24, 2.45) is 23.4 Å². The number of nitrogens with two attached hydrogens (primary N) is 2. The Morgan fingerprint density at radius 2 is 1.84 bits per heavy atom. The van der Waals surface area contributed by atoms with Gasteiger partial charge in [-0.15, -0.1) is 0 Å². The molecule has 19 heavy (non-hydrogen) atoms. The minimum Gasteiger partial charge on any atom is -0.369 e. The maximum Gasteiger partial charge on any atom is 0.222 e. The van der Waals surface area contributed by atoms with Gasteiger partial charge in [0.25, 0.3) is 0 Å². The first-order valence-electron chi connectivity index (χ1n) is 7.13. The van der Waals surface area contributed by atoms with Gasteiger partial charge in [0.1, 0.15) is 0 Å². The van der Waals surface area contributed by atoms with Crippen molar-refractivity contribution in [2.75, 3.05) is 13.1 Å². The van der Waals surface area contributed by atoms with Gasteiger partial charge < -0.3 is 10.6 Å². The van der Waals surface area contributed by atoms with Crippen LogP contribution < -0.4 is 17.0 Å². The lowest BCUT2D eigenvalue weighted by Crippen LogP contribution is -2.39. The van der Waals surface area contributed by atoms with Crippen molar-refractivity contribution < 1.29 is 9.59 Å². The van der Waals surface area contributed by atoms with E-state index in [4.69, 9.17) is 11.6 Å². The predicted molar refractivity (Wildman–Crippen MR) is 71.6 cm³/mol. The molecular formula is C13H24N4O2. The molecule has 0 bridgehead atoms. The molecule has 108 valence electrons. The molecule has 6 nitrogen and oxygen atoms in total. The summed E-state index contributed by atoms with van der Waals surface area (Å²) >= 11 is 0. The van der Waals surface area contributed by atoms with Crippen LogP contribution in [0.2, 0.25) is 0 Å². The highest BCUT2D eigenvalue weighted by molar-refractivity contribution is 5.81. The van der Waals surface area contributed by atoms with Gasteiger partial charge in [-0.2, -0.15) is 0 Å². The number of carbonyl (C=O) groups excluding carboxylic acids is 2. The summed E-state index contributed by atoms with van der Waals surface area (Å²) in [6, 6.07) is 0.400. The molecule has 2 amide bonds. The van der Waals surface area contributed by atoms with Gasteiger partial charge in [-0.3, -0.25) is 20.9 Å². The van der Waals surface area contributed by atoms with Crippen LogP contribution in [-0.4, -0.2) is 35.8 Å². The topological polar surface area (TPSA) is 101 Å². The number of hydrazine groups is 1. The maximum atomic E-state index is 12.2. The summed E-state index contributed by atoms with van der Waals surface area (Å²) in [6.45, 7) is 1.18. The normalized spacial score (nSPS) is 31.4. The number of nitrogens with zero attached hydrogens (tertiary/aromatic N) is 1. The molecule has 1 atom stereocenters. The molecule has 1 unspecified atom stereocenters. The number of likely N-dealkylation sites (tertiary alicyclic amines) is 1. The van der Waals surface area contributed by atoms with Gasteiger partial charge in [-0.1, -0.05) is 0 Å². The van der Waals surface area contributed by atoms with Crippen molar-refractivity contribution >= 4 is 11.8 Å². The van der Waals surface area contributed by atoms with Gasteiger partial charge in [-0.25, -0.2) is 0 Å². The highest BCUT2D eigenvalue weighted by atomic mass is 16.2. The van der Waals surface area contributed by atoms with E-state index in [9.17, 15) is 9.59 Å². The Morgan fingerprint density at radius 1 is 1.16 bits per heavy atom. The van der Waals surface area contributed by atoms with E-state index in [-0.39, 0.29) is 17.7 Å². The fourth-order valence-corrected chi connectivity index (χ4v) is 3.13. The Bertz CT molecular complexity index is 340. The Labute approximate surface area is 113 Å². The van der Waals surface area contributed by atoms with E-state index >= 15 is 0 Å². The number of hydrogen-bond donors (Lipinski definition) is 3. The molecular weight excluding hydrogens is 244 g/mol. The van der Waals surface area contributed by atoms with Crippen molar-refractivity contribution in [3.8, 4) is 0 Å². The van der Waals surface area contributed by atoms with E-state index < -0.39 is 0 Å². The summed E-state index contributed by atoms with van der Waals surface area (Å²) in [4.78, 5) is 25.1. The zero-order chi connectivity index (χ0) is 13.8. The Kier molecular flexibility index (Phi) is 4.76. The molecule has 1 saturated carbocycles. The van der Waals surface area contributed by atoms with Crippen LogP contribution in [0, 0.1) is 11.8 Å². The molecule has 0 aromatic carbocycles. The quantitative estimate of drug-likeness (QED) is 0.482. The van der Waals surface area contributed by atoms with E-state index in [1.165, 1.54) is 0 Å². The molecule has 1 heterocycles. The van der Waals surface area contributed by atoms with Crippen LogP contribution in [0.3, 0.4) is 0 Å². The lowest BCUT2D eigenvalue weighted by atomic mass is 9.84. The van der Waals surface area contributed by atoms with Gasteiger partial charge in [0, 0.05) is 25.6 Å². The second-order valence-corrected chi connectivity index (χ2v) is 5.82. The Balaban J connectivity index is 1.75. The van der Waals surface area contributed by atoms with E-state index in [0.29, 0.717) is 37.9 Å². The molecule has 0 aromatic heterocycles. The first-order chi connectivity index (χ1) is 9.10. The van der Waals surface area contributed by atoms with Crippen molar-refractivity contribution in [3.05, 3.63) is 0 Å². The minimum absolute atomic E-state index is 0.152. The first-order valence-corrected chi connectivity index (χ1v) is 7.13. The first kappa shape index (κ1) is 14.3. The third kappa shape index (κ3) is 3.67. The minimum atomic E-state index is -0.287. The fraction of sp³-hybridized carbons (Fsp3) is 0.846. The van der Waals surface area contributed by atoms with Gasteiger partial charge in [0.05, 0.1) is 5.92 Å². The molecule has 1 aliphatic carbocycles. The zero-order valence-corrected chi connectivity index (χ0v) is 11.3. The predicted octanol–water partition coefficient (Wildman–Crippen LogP) is -0.268. The smallest absolute Gasteiger partial charge is 0.222 e. The Morgan fingerprint density at radius 3 is 2.37 bits per heavy atom. The molecule has 5 N–H and O–H groups in total. The Hall–Kier alpha value is -1.14. The maximum absolute atomic E-state index is 12.2. The number of nitrogens with one attached hydrogen (secondary N) is 1. The largest absolute Gasteiger partial charge is 0.369 e. The van der Waals surface area contributed by atoms with Crippen LogP contribution in [0.15, 0.2) is 0 Å². The summed E-state index contributed by atoms with van der Waals surface area (Å²) in [7, 11) is 0. The second kappa shape index (κ2) is 6.34. The molecule has 2 rings (SSSR count). The van der Waals surface area contributed by atoms with E-state index in [1.807, 2.05) is 0 Å². The van der Waals surface area contributed by atoms with Crippen LogP contribution in [0.4, 0.5) is 0 Å². The number of primary amides is 1. The number of rotatable bonds is 4. The van der Waals surface area contributed by atoms with Gasteiger partial charge in [-0.05, 0) is 38.0 Å². The molecule has 0 radical (unpaired) electrons. The highest BCUT2D eigenvalue weighted by Crippen LogP contribution is 2.28. The molecule has 1 aliphatic heterocycles. The van der Waals surface area contributed by atoms with Crippen LogP contribution in [0.25, 0.3) is 0 Å². The van der Waals surface area contributed by atoms with Crippen molar-refractivity contribution in [1.82, 2.24) is 10.3 Å². The average Bonchev–Trinajstić information content (AvgIpc) is 2.89. The number of carbonyl (C=O) groups is 2. The van der Waals surface area contributed by atoms with Crippen molar-refractivity contribution in [1.29, 1.82) is 0 Å². The van der Waals surface area contributed by atoms with Crippen LogP contribution in [0.5, 0.6) is 0 Å². The fourth-order valence-electron chi connectivity index (χ4n) is 3.13. The highest BCUT2D eigenvalue weighted by Gasteiger charge is 2.31. The molecule has 0 aromatic rings. The van der Waals surface area contributed by atoms with Crippen molar-refractivity contribution in [3.63, 3.8) is 0 Å². The monoisotopic (exact) mass is 268 g/mol. The van der Waals surface area contributed by atoms with Crippen molar-refractivity contribution in [2.45, 2.75) is 44.6 Å². The van der Waals surface area contributed by atoms with Gasteiger partial charge >= 0.3 is 0 Å².